The van der Waals surface area contributed by atoms with Crippen molar-refractivity contribution in [2.75, 3.05) is 25.6 Å². The predicted molar refractivity (Wildman–Crippen MR) is 148 cm³/mol. The number of aryl methyl sites for hydroxylation is 1. The molecule has 4 rings (SSSR count). The summed E-state index contributed by atoms with van der Waals surface area (Å²) in [4.78, 5) is 24.2. The molecule has 0 aliphatic heterocycles. The van der Waals surface area contributed by atoms with E-state index in [0.717, 1.165) is 11.6 Å². The fourth-order valence-electron chi connectivity index (χ4n) is 3.84. The van der Waals surface area contributed by atoms with E-state index >= 15 is 0 Å². The van der Waals surface area contributed by atoms with E-state index in [1.54, 1.807) is 12.1 Å². The molecule has 41 heavy (non-hydrogen) atoms. The van der Waals surface area contributed by atoms with E-state index < -0.39 is 27.7 Å². The number of nitrogens with one attached hydrogen (secondary N) is 2. The quantitative estimate of drug-likeness (QED) is 0.222. The van der Waals surface area contributed by atoms with Crippen LogP contribution in [0.15, 0.2) is 71.6 Å². The van der Waals surface area contributed by atoms with Crippen molar-refractivity contribution in [3.63, 3.8) is 0 Å². The summed E-state index contributed by atoms with van der Waals surface area (Å²) in [7, 11) is -2.81. The van der Waals surface area contributed by atoms with Crippen LogP contribution in [-0.2, 0) is 14.8 Å². The highest BCUT2D eigenvalue weighted by Gasteiger charge is 2.26. The van der Waals surface area contributed by atoms with Gasteiger partial charge in [0.1, 0.15) is 16.5 Å². The number of rotatable bonds is 11. The molecule has 0 fully saturated rings. The Morgan fingerprint density at radius 1 is 1.05 bits per heavy atom. The Bertz CT molecular complexity index is 1700. The molecule has 0 aliphatic rings. The summed E-state index contributed by atoms with van der Waals surface area (Å²) < 4.78 is 55.0. The fraction of sp³-hybridized carbons (Fsp3) is 0.179. The number of aromatic nitrogens is 2. The number of carbonyl (C=O) groups excluding carboxylic acids is 1. The second-order valence-corrected chi connectivity index (χ2v) is 10.7. The number of carbonyl (C=O) groups is 2. The van der Waals surface area contributed by atoms with Gasteiger partial charge in [0, 0.05) is 30.5 Å². The Labute approximate surface area is 235 Å². The monoisotopic (exact) mass is 582 g/mol. The second kappa shape index (κ2) is 12.3. The third-order valence-electron chi connectivity index (χ3n) is 5.93. The number of aromatic carboxylic acids is 1. The molecule has 0 unspecified atom stereocenters. The standard InChI is InChI=1S/C28H27FN4O7S/c1-17-7-10-22(11-8-17)33-27(18(2)25(32-33)28(35)36)40-23-12-9-21(16-24(23)41(37,38)30-13-14-39-3)31-26(34)19-5-4-6-20(29)15-19/h4-12,15-16,30H,13-14H2,1-3H3,(H,31,34)(H,35,36). The molecule has 0 atom stereocenters. The molecule has 1 heterocycles. The van der Waals surface area contributed by atoms with Gasteiger partial charge < -0.3 is 19.9 Å². The molecular weight excluding hydrogens is 555 g/mol. The molecule has 3 aromatic carbocycles. The number of carboxylic acid groups (broad SMARTS) is 1. The number of methoxy groups -OCH3 is 1. The maximum atomic E-state index is 13.6. The highest BCUT2D eigenvalue weighted by Crippen LogP contribution is 2.35. The molecule has 0 spiro atoms. The first kappa shape index (κ1) is 29.4. The first-order valence-corrected chi connectivity index (χ1v) is 13.8. The van der Waals surface area contributed by atoms with E-state index in [1.165, 1.54) is 55.1 Å². The maximum absolute atomic E-state index is 13.6. The zero-order valence-corrected chi connectivity index (χ0v) is 23.2. The largest absolute Gasteiger partial charge is 0.476 e. The Morgan fingerprint density at radius 3 is 2.44 bits per heavy atom. The van der Waals surface area contributed by atoms with Gasteiger partial charge in [0.05, 0.1) is 12.3 Å². The smallest absolute Gasteiger partial charge is 0.356 e. The van der Waals surface area contributed by atoms with Crippen LogP contribution in [0.2, 0.25) is 0 Å². The minimum absolute atomic E-state index is 0.0175. The number of amides is 1. The van der Waals surface area contributed by atoms with E-state index in [-0.39, 0.29) is 52.2 Å². The van der Waals surface area contributed by atoms with Crippen LogP contribution in [-0.4, -0.2) is 55.4 Å². The number of hydrogen-bond donors (Lipinski definition) is 3. The molecule has 0 radical (unpaired) electrons. The summed E-state index contributed by atoms with van der Waals surface area (Å²) in [6, 6.07) is 16.0. The van der Waals surface area contributed by atoms with Gasteiger partial charge in [0.2, 0.25) is 15.9 Å². The molecule has 3 N–H and O–H groups in total. The number of anilines is 1. The van der Waals surface area contributed by atoms with Crippen molar-refractivity contribution in [1.29, 1.82) is 0 Å². The third-order valence-corrected chi connectivity index (χ3v) is 7.41. The number of ether oxygens (including phenoxy) is 2. The minimum Gasteiger partial charge on any atom is -0.476 e. The summed E-state index contributed by atoms with van der Waals surface area (Å²) in [6.07, 6.45) is 0. The number of nitrogens with zero attached hydrogens (tertiary/aromatic N) is 2. The number of benzene rings is 3. The van der Waals surface area contributed by atoms with Gasteiger partial charge in [-0.05, 0) is 62.4 Å². The summed E-state index contributed by atoms with van der Waals surface area (Å²) in [5.74, 6) is -2.73. The van der Waals surface area contributed by atoms with Gasteiger partial charge >= 0.3 is 5.97 Å². The van der Waals surface area contributed by atoms with Crippen molar-refractivity contribution in [1.82, 2.24) is 14.5 Å². The lowest BCUT2D eigenvalue weighted by atomic mass is 10.2. The highest BCUT2D eigenvalue weighted by molar-refractivity contribution is 7.89. The average molecular weight is 583 g/mol. The molecule has 4 aromatic rings. The van der Waals surface area contributed by atoms with Crippen molar-refractivity contribution < 1.29 is 37.0 Å². The van der Waals surface area contributed by atoms with E-state index in [1.807, 2.05) is 19.1 Å². The maximum Gasteiger partial charge on any atom is 0.356 e. The van der Waals surface area contributed by atoms with E-state index in [9.17, 15) is 27.5 Å². The zero-order valence-electron chi connectivity index (χ0n) is 22.3. The minimum atomic E-state index is -4.23. The van der Waals surface area contributed by atoms with Crippen LogP contribution in [0, 0.1) is 19.7 Å². The highest BCUT2D eigenvalue weighted by atomic mass is 32.2. The molecule has 1 aromatic heterocycles. The van der Waals surface area contributed by atoms with Gasteiger partial charge in [-0.2, -0.15) is 9.78 Å². The van der Waals surface area contributed by atoms with Gasteiger partial charge in [0.25, 0.3) is 5.91 Å². The second-order valence-electron chi connectivity index (χ2n) is 8.95. The fourth-order valence-corrected chi connectivity index (χ4v) is 5.00. The zero-order chi connectivity index (χ0) is 29.7. The Hall–Kier alpha value is -4.59. The first-order valence-electron chi connectivity index (χ1n) is 12.3. The first-order chi connectivity index (χ1) is 19.5. The lowest BCUT2D eigenvalue weighted by Gasteiger charge is -2.16. The number of halogens is 1. The topological polar surface area (TPSA) is 149 Å². The average Bonchev–Trinajstić information content (AvgIpc) is 3.26. The van der Waals surface area contributed by atoms with Crippen LogP contribution in [0.4, 0.5) is 10.1 Å². The molecule has 0 bridgehead atoms. The predicted octanol–water partition coefficient (Wildman–Crippen LogP) is 4.30. The summed E-state index contributed by atoms with van der Waals surface area (Å²) >= 11 is 0. The molecule has 0 saturated carbocycles. The Balaban J connectivity index is 1.79. The van der Waals surface area contributed by atoms with E-state index in [2.05, 4.69) is 15.1 Å². The normalized spacial score (nSPS) is 11.3. The van der Waals surface area contributed by atoms with Crippen LogP contribution in [0.25, 0.3) is 5.69 Å². The summed E-state index contributed by atoms with van der Waals surface area (Å²) in [6.45, 7) is 3.42. The lowest BCUT2D eigenvalue weighted by Crippen LogP contribution is -2.27. The lowest BCUT2D eigenvalue weighted by molar-refractivity contribution is 0.0689. The van der Waals surface area contributed by atoms with Crippen molar-refractivity contribution in [2.45, 2.75) is 18.7 Å². The SMILES string of the molecule is COCCNS(=O)(=O)c1cc(NC(=O)c2cccc(F)c2)ccc1Oc1c(C)c(C(=O)O)nn1-c1ccc(C)cc1. The summed E-state index contributed by atoms with van der Waals surface area (Å²) in [5.41, 5.74) is 1.47. The summed E-state index contributed by atoms with van der Waals surface area (Å²) in [5, 5.41) is 16.4. The Morgan fingerprint density at radius 2 is 1.78 bits per heavy atom. The van der Waals surface area contributed by atoms with Crippen LogP contribution in [0.5, 0.6) is 11.6 Å². The number of hydrogen-bond acceptors (Lipinski definition) is 7. The van der Waals surface area contributed by atoms with Crippen LogP contribution < -0.4 is 14.8 Å². The molecule has 13 heteroatoms. The molecule has 1 amide bonds. The van der Waals surface area contributed by atoms with Crippen LogP contribution in [0.1, 0.15) is 32.0 Å². The molecule has 0 saturated heterocycles. The Kier molecular flexibility index (Phi) is 8.81. The van der Waals surface area contributed by atoms with Gasteiger partial charge in [-0.25, -0.2) is 22.3 Å². The van der Waals surface area contributed by atoms with Gasteiger partial charge in [0.15, 0.2) is 5.69 Å². The molecule has 214 valence electrons. The van der Waals surface area contributed by atoms with E-state index in [4.69, 9.17) is 9.47 Å². The number of carboxylic acids is 1. The molecular formula is C28H27FN4O7S. The van der Waals surface area contributed by atoms with Gasteiger partial charge in [-0.1, -0.05) is 23.8 Å². The van der Waals surface area contributed by atoms with Crippen molar-refractivity contribution >= 4 is 27.6 Å². The van der Waals surface area contributed by atoms with Crippen molar-refractivity contribution in [2.24, 2.45) is 0 Å². The van der Waals surface area contributed by atoms with Crippen molar-refractivity contribution in [3.05, 3.63) is 94.9 Å². The third kappa shape index (κ3) is 6.77. The van der Waals surface area contributed by atoms with Crippen LogP contribution >= 0.6 is 0 Å². The van der Waals surface area contributed by atoms with Crippen LogP contribution in [0.3, 0.4) is 0 Å². The molecule has 0 aliphatic carbocycles. The van der Waals surface area contributed by atoms with E-state index in [0.29, 0.717) is 5.69 Å². The molecule has 11 nitrogen and oxygen atoms in total. The van der Waals surface area contributed by atoms with Gasteiger partial charge in [-0.15, -0.1) is 0 Å². The van der Waals surface area contributed by atoms with Crippen molar-refractivity contribution in [3.8, 4) is 17.3 Å². The number of sulfonamides is 1. The van der Waals surface area contributed by atoms with Gasteiger partial charge in [-0.3, -0.25) is 4.79 Å².